The van der Waals surface area contributed by atoms with Crippen molar-refractivity contribution in [3.05, 3.63) is 36.1 Å². The standard InChI is InChI=1S/C17H26O4/c1-6-15(9-7-13(2)18)10-8-14(3)21-17(4,5)12-11-16(19)20/h6,8,10H,3,7,9,11-12H2,1-2,4-5H3,(H,19,20)/b10-8-,15-6-. The van der Waals surface area contributed by atoms with Gasteiger partial charge in [-0.3, -0.25) is 4.79 Å². The predicted molar refractivity (Wildman–Crippen MR) is 84.0 cm³/mol. The Morgan fingerprint density at radius 1 is 1.19 bits per heavy atom. The molecule has 0 aromatic heterocycles. The summed E-state index contributed by atoms with van der Waals surface area (Å²) < 4.78 is 5.67. The van der Waals surface area contributed by atoms with Crippen molar-refractivity contribution in [1.82, 2.24) is 0 Å². The van der Waals surface area contributed by atoms with Crippen LogP contribution in [0, 0.1) is 0 Å². The van der Waals surface area contributed by atoms with Gasteiger partial charge in [0.05, 0.1) is 0 Å². The molecule has 0 aliphatic rings. The van der Waals surface area contributed by atoms with Crippen molar-refractivity contribution in [2.45, 2.75) is 59.0 Å². The Balaban J connectivity index is 4.42. The van der Waals surface area contributed by atoms with Crippen LogP contribution < -0.4 is 0 Å². The topological polar surface area (TPSA) is 63.6 Å². The molecule has 0 saturated carbocycles. The lowest BCUT2D eigenvalue weighted by molar-refractivity contribution is -0.138. The minimum atomic E-state index is -0.840. The minimum absolute atomic E-state index is 0.0583. The maximum absolute atomic E-state index is 11.0. The van der Waals surface area contributed by atoms with Gasteiger partial charge in [0.15, 0.2) is 0 Å². The van der Waals surface area contributed by atoms with Crippen molar-refractivity contribution in [2.24, 2.45) is 0 Å². The maximum Gasteiger partial charge on any atom is 0.303 e. The molecule has 0 unspecified atom stereocenters. The van der Waals surface area contributed by atoms with Crippen LogP contribution in [-0.2, 0) is 14.3 Å². The summed E-state index contributed by atoms with van der Waals surface area (Å²) in [6, 6.07) is 0. The summed E-state index contributed by atoms with van der Waals surface area (Å²) in [7, 11) is 0. The molecule has 0 fully saturated rings. The van der Waals surface area contributed by atoms with Crippen LogP contribution in [0.5, 0.6) is 0 Å². The first-order valence-corrected chi connectivity index (χ1v) is 7.08. The first-order chi connectivity index (χ1) is 9.66. The number of carbonyl (C=O) groups is 2. The second-order valence-corrected chi connectivity index (χ2v) is 5.62. The highest BCUT2D eigenvalue weighted by Gasteiger charge is 2.20. The zero-order valence-electron chi connectivity index (χ0n) is 13.4. The van der Waals surface area contributed by atoms with Crippen molar-refractivity contribution >= 4 is 11.8 Å². The van der Waals surface area contributed by atoms with Gasteiger partial charge in [0.2, 0.25) is 0 Å². The van der Waals surface area contributed by atoms with E-state index in [1.54, 1.807) is 13.0 Å². The van der Waals surface area contributed by atoms with Crippen molar-refractivity contribution in [2.75, 3.05) is 0 Å². The van der Waals surface area contributed by atoms with Crippen LogP contribution in [0.15, 0.2) is 36.1 Å². The number of ether oxygens (including phenoxy) is 1. The van der Waals surface area contributed by atoms with Crippen LogP contribution in [0.25, 0.3) is 0 Å². The summed E-state index contributed by atoms with van der Waals surface area (Å²) in [4.78, 5) is 21.6. The molecule has 0 aromatic rings. The summed E-state index contributed by atoms with van der Waals surface area (Å²) in [5.41, 5.74) is 0.466. The Morgan fingerprint density at radius 3 is 2.29 bits per heavy atom. The number of aliphatic carboxylic acids is 1. The van der Waals surface area contributed by atoms with Gasteiger partial charge in [-0.25, -0.2) is 0 Å². The summed E-state index contributed by atoms with van der Waals surface area (Å²) in [5, 5.41) is 8.70. The average Bonchev–Trinajstić information content (AvgIpc) is 2.36. The fraction of sp³-hybridized carbons (Fsp3) is 0.529. The van der Waals surface area contributed by atoms with E-state index in [4.69, 9.17) is 9.84 Å². The molecule has 4 nitrogen and oxygen atoms in total. The van der Waals surface area contributed by atoms with E-state index in [1.807, 2.05) is 32.9 Å². The van der Waals surface area contributed by atoms with Gasteiger partial charge in [0, 0.05) is 12.8 Å². The summed E-state index contributed by atoms with van der Waals surface area (Å²) >= 11 is 0. The van der Waals surface area contributed by atoms with Gasteiger partial charge >= 0.3 is 5.97 Å². The molecular formula is C17H26O4. The lowest BCUT2D eigenvalue weighted by Crippen LogP contribution is -2.24. The van der Waals surface area contributed by atoms with Gasteiger partial charge in [0.25, 0.3) is 0 Å². The molecule has 0 aliphatic carbocycles. The second kappa shape index (κ2) is 9.16. The van der Waals surface area contributed by atoms with Crippen molar-refractivity contribution < 1.29 is 19.4 Å². The fourth-order valence-electron chi connectivity index (χ4n) is 1.69. The number of carbonyl (C=O) groups excluding carboxylic acids is 1. The number of hydrogen-bond donors (Lipinski definition) is 1. The van der Waals surface area contributed by atoms with Gasteiger partial charge in [-0.15, -0.1) is 0 Å². The number of hydrogen-bond acceptors (Lipinski definition) is 3. The zero-order valence-corrected chi connectivity index (χ0v) is 13.4. The molecule has 0 aromatic carbocycles. The van der Waals surface area contributed by atoms with E-state index in [-0.39, 0.29) is 12.2 Å². The molecule has 0 spiro atoms. The van der Waals surface area contributed by atoms with Gasteiger partial charge in [-0.2, -0.15) is 0 Å². The Bertz CT molecular complexity index is 442. The molecule has 1 N–H and O–H groups in total. The van der Waals surface area contributed by atoms with Gasteiger partial charge in [-0.1, -0.05) is 24.3 Å². The van der Waals surface area contributed by atoms with E-state index in [0.29, 0.717) is 25.0 Å². The van der Waals surface area contributed by atoms with Gasteiger partial charge in [-0.05, 0) is 46.6 Å². The molecule has 118 valence electrons. The molecule has 0 radical (unpaired) electrons. The van der Waals surface area contributed by atoms with Crippen LogP contribution in [0.4, 0.5) is 0 Å². The van der Waals surface area contributed by atoms with E-state index in [2.05, 4.69) is 6.58 Å². The van der Waals surface area contributed by atoms with Crippen LogP contribution in [-0.4, -0.2) is 22.5 Å². The summed E-state index contributed by atoms with van der Waals surface area (Å²) in [6.45, 7) is 11.0. The molecule has 0 bridgehead atoms. The van der Waals surface area contributed by atoms with E-state index >= 15 is 0 Å². The molecule has 0 saturated heterocycles. The van der Waals surface area contributed by atoms with Gasteiger partial charge in [0.1, 0.15) is 17.1 Å². The van der Waals surface area contributed by atoms with E-state index < -0.39 is 11.6 Å². The third-order valence-electron chi connectivity index (χ3n) is 2.97. The number of carboxylic acid groups (broad SMARTS) is 1. The SMILES string of the molecule is C=C(/C=C\C(=C/C)CCC(C)=O)OC(C)(C)CCC(=O)O. The highest BCUT2D eigenvalue weighted by molar-refractivity contribution is 5.75. The van der Waals surface area contributed by atoms with Crippen LogP contribution in [0.1, 0.15) is 53.4 Å². The molecule has 0 atom stereocenters. The third kappa shape index (κ3) is 10.6. The van der Waals surface area contributed by atoms with Crippen molar-refractivity contribution in [3.63, 3.8) is 0 Å². The molecule has 0 heterocycles. The molecule has 21 heavy (non-hydrogen) atoms. The van der Waals surface area contributed by atoms with E-state index in [1.165, 1.54) is 0 Å². The molecular weight excluding hydrogens is 268 g/mol. The summed E-state index contributed by atoms with van der Waals surface area (Å²) in [5.74, 6) is -0.201. The number of allylic oxidation sites excluding steroid dienone is 4. The number of carboxylic acids is 1. The normalized spacial score (nSPS) is 12.5. The maximum atomic E-state index is 11.0. The first kappa shape index (κ1) is 19.2. The van der Waals surface area contributed by atoms with Crippen LogP contribution in [0.2, 0.25) is 0 Å². The Labute approximate surface area is 127 Å². The Hall–Kier alpha value is -1.84. The monoisotopic (exact) mass is 294 g/mol. The van der Waals surface area contributed by atoms with Crippen LogP contribution >= 0.6 is 0 Å². The van der Waals surface area contributed by atoms with E-state index in [9.17, 15) is 9.59 Å². The molecule has 0 rings (SSSR count). The largest absolute Gasteiger partial charge is 0.488 e. The number of Topliss-reactive ketones (excluding diaryl/α,β-unsaturated/α-hetero) is 1. The quantitative estimate of drug-likeness (QED) is 0.488. The number of ketones is 1. The minimum Gasteiger partial charge on any atom is -0.488 e. The zero-order chi connectivity index (χ0) is 16.5. The Kier molecular flexibility index (Phi) is 8.36. The van der Waals surface area contributed by atoms with Crippen LogP contribution in [0.3, 0.4) is 0 Å². The molecule has 0 amide bonds. The highest BCUT2D eigenvalue weighted by atomic mass is 16.5. The van der Waals surface area contributed by atoms with Crippen molar-refractivity contribution in [1.29, 1.82) is 0 Å². The molecule has 4 heteroatoms. The lowest BCUT2D eigenvalue weighted by Gasteiger charge is -2.26. The second-order valence-electron chi connectivity index (χ2n) is 5.62. The smallest absolute Gasteiger partial charge is 0.303 e. The average molecular weight is 294 g/mol. The Morgan fingerprint density at radius 2 is 1.81 bits per heavy atom. The third-order valence-corrected chi connectivity index (χ3v) is 2.97. The van der Waals surface area contributed by atoms with Gasteiger partial charge < -0.3 is 14.6 Å². The first-order valence-electron chi connectivity index (χ1n) is 7.08. The molecule has 0 aliphatic heterocycles. The fourth-order valence-corrected chi connectivity index (χ4v) is 1.69. The lowest BCUT2D eigenvalue weighted by atomic mass is 10.0. The van der Waals surface area contributed by atoms with Crippen molar-refractivity contribution in [3.8, 4) is 0 Å². The number of rotatable bonds is 10. The highest BCUT2D eigenvalue weighted by Crippen LogP contribution is 2.21. The van der Waals surface area contributed by atoms with E-state index in [0.717, 1.165) is 5.57 Å². The predicted octanol–water partition coefficient (Wildman–Crippen LogP) is 4.03. The summed E-state index contributed by atoms with van der Waals surface area (Å²) in [6.07, 6.45) is 7.25.